The molecular weight excluding hydrogens is 250 g/mol. The van der Waals surface area contributed by atoms with Gasteiger partial charge in [0.25, 0.3) is 0 Å². The minimum absolute atomic E-state index is 0.0967. The number of ketones is 1. The maximum atomic E-state index is 11.2. The van der Waals surface area contributed by atoms with Crippen molar-refractivity contribution in [2.45, 2.75) is 6.92 Å². The van der Waals surface area contributed by atoms with Crippen LogP contribution in [0.1, 0.15) is 27.8 Å². The number of esters is 1. The molecule has 1 rings (SSSR count). The number of ether oxygens (including phenoxy) is 1. The summed E-state index contributed by atoms with van der Waals surface area (Å²) in [5.74, 6) is -0.516. The first kappa shape index (κ1) is 11.0. The summed E-state index contributed by atoms with van der Waals surface area (Å²) in [5, 5.41) is 0.232. The van der Waals surface area contributed by atoms with E-state index in [-0.39, 0.29) is 11.1 Å². The van der Waals surface area contributed by atoms with Gasteiger partial charge in [0, 0.05) is 6.20 Å². The molecule has 0 saturated heterocycles. The molecule has 0 saturated carbocycles. The maximum Gasteiger partial charge on any atom is 0.339 e. The molecule has 1 aromatic rings. The Morgan fingerprint density at radius 1 is 1.57 bits per heavy atom. The minimum Gasteiger partial charge on any atom is -0.462 e. The molecule has 0 spiro atoms. The minimum atomic E-state index is -0.419. The van der Waals surface area contributed by atoms with E-state index in [0.29, 0.717) is 17.9 Å². The molecule has 1 aromatic heterocycles. The first-order valence-corrected chi connectivity index (χ1v) is 5.26. The number of carbonyl (C=O) groups excluding carboxylic acids is 2. The third-order valence-electron chi connectivity index (χ3n) is 1.62. The normalized spacial score (nSPS) is 9.86. The molecule has 0 bridgehead atoms. The van der Waals surface area contributed by atoms with E-state index < -0.39 is 5.97 Å². The number of nitrogens with one attached hydrogen (secondary N) is 1. The molecule has 0 aliphatic heterocycles. The van der Waals surface area contributed by atoms with Crippen LogP contribution in [-0.2, 0) is 4.74 Å². The molecule has 4 nitrogen and oxygen atoms in total. The van der Waals surface area contributed by atoms with Crippen molar-refractivity contribution < 1.29 is 14.3 Å². The summed E-state index contributed by atoms with van der Waals surface area (Å²) in [6, 6.07) is 1.49. The number of halogens is 1. The highest BCUT2D eigenvalue weighted by Crippen LogP contribution is 2.07. The molecule has 0 atom stereocenters. The fourth-order valence-electron chi connectivity index (χ4n) is 0.960. The molecule has 0 aliphatic rings. The highest BCUT2D eigenvalue weighted by atomic mass is 79.9. The number of hydrogen-bond acceptors (Lipinski definition) is 3. The first-order valence-electron chi connectivity index (χ1n) is 4.13. The van der Waals surface area contributed by atoms with Crippen LogP contribution < -0.4 is 0 Å². The zero-order valence-corrected chi connectivity index (χ0v) is 9.26. The van der Waals surface area contributed by atoms with Gasteiger partial charge in [0.05, 0.1) is 23.2 Å². The van der Waals surface area contributed by atoms with Crippen molar-refractivity contribution >= 4 is 27.7 Å². The van der Waals surface area contributed by atoms with Gasteiger partial charge in [-0.25, -0.2) is 4.79 Å². The Bertz CT molecular complexity index is 346. The van der Waals surface area contributed by atoms with Crippen LogP contribution in [0, 0.1) is 0 Å². The van der Waals surface area contributed by atoms with Crippen LogP contribution >= 0.6 is 15.9 Å². The van der Waals surface area contributed by atoms with Gasteiger partial charge in [-0.15, -0.1) is 0 Å². The van der Waals surface area contributed by atoms with Crippen LogP contribution in [0.25, 0.3) is 0 Å². The lowest BCUT2D eigenvalue weighted by Gasteiger charge is -1.96. The Balaban J connectivity index is 2.77. The average Bonchev–Trinajstić information content (AvgIpc) is 2.66. The monoisotopic (exact) mass is 259 g/mol. The van der Waals surface area contributed by atoms with Gasteiger partial charge in [-0.3, -0.25) is 4.79 Å². The zero-order valence-electron chi connectivity index (χ0n) is 7.67. The summed E-state index contributed by atoms with van der Waals surface area (Å²) in [5.41, 5.74) is 0.779. The third kappa shape index (κ3) is 2.45. The van der Waals surface area contributed by atoms with Crippen LogP contribution in [0.2, 0.25) is 0 Å². The van der Waals surface area contributed by atoms with E-state index in [2.05, 4.69) is 20.9 Å². The number of aromatic nitrogens is 1. The molecule has 1 heterocycles. The lowest BCUT2D eigenvalue weighted by Crippen LogP contribution is -2.03. The van der Waals surface area contributed by atoms with Gasteiger partial charge in [0.2, 0.25) is 0 Å². The molecule has 5 heteroatoms. The van der Waals surface area contributed by atoms with E-state index in [1.165, 1.54) is 12.3 Å². The second kappa shape index (κ2) is 4.95. The number of hydrogen-bond donors (Lipinski definition) is 1. The van der Waals surface area contributed by atoms with Crippen molar-refractivity contribution in [3.63, 3.8) is 0 Å². The average molecular weight is 260 g/mol. The number of rotatable bonds is 4. The van der Waals surface area contributed by atoms with Gasteiger partial charge >= 0.3 is 5.97 Å². The van der Waals surface area contributed by atoms with Crippen molar-refractivity contribution in [2.75, 3.05) is 11.9 Å². The number of alkyl halides is 1. The van der Waals surface area contributed by atoms with Gasteiger partial charge in [-0.1, -0.05) is 15.9 Å². The van der Waals surface area contributed by atoms with Gasteiger partial charge in [0.1, 0.15) is 0 Å². The predicted molar refractivity (Wildman–Crippen MR) is 54.9 cm³/mol. The Labute approximate surface area is 89.8 Å². The Hall–Kier alpha value is -1.10. The van der Waals surface area contributed by atoms with E-state index in [0.717, 1.165) is 0 Å². The molecule has 14 heavy (non-hydrogen) atoms. The van der Waals surface area contributed by atoms with Crippen molar-refractivity contribution in [2.24, 2.45) is 0 Å². The van der Waals surface area contributed by atoms with Gasteiger partial charge < -0.3 is 9.72 Å². The van der Waals surface area contributed by atoms with E-state index >= 15 is 0 Å². The highest BCUT2D eigenvalue weighted by Gasteiger charge is 2.12. The third-order valence-corrected chi connectivity index (χ3v) is 2.13. The van der Waals surface area contributed by atoms with Gasteiger partial charge in [-0.2, -0.15) is 0 Å². The Morgan fingerprint density at radius 3 is 2.86 bits per heavy atom. The summed E-state index contributed by atoms with van der Waals surface area (Å²) >= 11 is 3.04. The standard InChI is InChI=1S/C9H10BrNO3/c1-2-14-9(13)6-3-7(11-5-6)8(12)4-10/h3,5,11H,2,4H2,1H3. The molecule has 0 radical (unpaired) electrons. The summed E-state index contributed by atoms with van der Waals surface area (Å²) in [6.45, 7) is 2.06. The summed E-state index contributed by atoms with van der Waals surface area (Å²) in [7, 11) is 0. The van der Waals surface area contributed by atoms with E-state index in [4.69, 9.17) is 4.74 Å². The molecule has 0 unspecified atom stereocenters. The van der Waals surface area contributed by atoms with E-state index in [1.807, 2.05) is 0 Å². The summed E-state index contributed by atoms with van der Waals surface area (Å²) in [4.78, 5) is 25.1. The second-order valence-electron chi connectivity index (χ2n) is 2.58. The van der Waals surface area contributed by atoms with Gasteiger partial charge in [-0.05, 0) is 13.0 Å². The molecule has 0 fully saturated rings. The molecule has 76 valence electrons. The highest BCUT2D eigenvalue weighted by molar-refractivity contribution is 9.09. The Morgan fingerprint density at radius 2 is 2.29 bits per heavy atom. The van der Waals surface area contributed by atoms with Crippen molar-refractivity contribution in [1.82, 2.24) is 4.98 Å². The number of carbonyl (C=O) groups is 2. The van der Waals surface area contributed by atoms with Crippen LogP contribution in [0.15, 0.2) is 12.3 Å². The fraction of sp³-hybridized carbons (Fsp3) is 0.333. The summed E-state index contributed by atoms with van der Waals surface area (Å²) < 4.78 is 4.77. The molecule has 0 amide bonds. The largest absolute Gasteiger partial charge is 0.462 e. The maximum absolute atomic E-state index is 11.2. The molecular formula is C9H10BrNO3. The number of aromatic amines is 1. The Kier molecular flexibility index (Phi) is 3.88. The fourth-order valence-corrected chi connectivity index (χ4v) is 1.26. The number of H-pyrrole nitrogens is 1. The molecule has 0 aromatic carbocycles. The van der Waals surface area contributed by atoms with Crippen LogP contribution in [0.3, 0.4) is 0 Å². The predicted octanol–water partition coefficient (Wildman–Crippen LogP) is 1.77. The lowest BCUT2D eigenvalue weighted by molar-refractivity contribution is 0.0526. The van der Waals surface area contributed by atoms with Crippen molar-refractivity contribution in [3.8, 4) is 0 Å². The molecule has 1 N–H and O–H groups in total. The van der Waals surface area contributed by atoms with Crippen molar-refractivity contribution in [3.05, 3.63) is 23.5 Å². The van der Waals surface area contributed by atoms with Gasteiger partial charge in [0.15, 0.2) is 5.78 Å². The SMILES string of the molecule is CCOC(=O)c1c[nH]c(C(=O)CBr)c1. The zero-order chi connectivity index (χ0) is 10.6. The smallest absolute Gasteiger partial charge is 0.339 e. The molecule has 0 aliphatic carbocycles. The summed E-state index contributed by atoms with van der Waals surface area (Å²) in [6.07, 6.45) is 1.47. The first-order chi connectivity index (χ1) is 6.69. The van der Waals surface area contributed by atoms with Crippen LogP contribution in [0.5, 0.6) is 0 Å². The number of Topliss-reactive ketones (excluding diaryl/α,β-unsaturated/α-hetero) is 1. The van der Waals surface area contributed by atoms with E-state index in [9.17, 15) is 9.59 Å². The second-order valence-corrected chi connectivity index (χ2v) is 3.14. The van der Waals surface area contributed by atoms with Crippen LogP contribution in [-0.4, -0.2) is 28.7 Å². The van der Waals surface area contributed by atoms with Crippen LogP contribution in [0.4, 0.5) is 0 Å². The van der Waals surface area contributed by atoms with Crippen molar-refractivity contribution in [1.29, 1.82) is 0 Å². The topological polar surface area (TPSA) is 59.2 Å². The quantitative estimate of drug-likeness (QED) is 0.510. The lowest BCUT2D eigenvalue weighted by atomic mass is 10.2. The van der Waals surface area contributed by atoms with E-state index in [1.54, 1.807) is 6.92 Å².